The van der Waals surface area contributed by atoms with Gasteiger partial charge in [-0.2, -0.15) is 0 Å². The lowest BCUT2D eigenvalue weighted by molar-refractivity contribution is -0.0390. The number of benzene rings is 3. The minimum Gasteiger partial charge on any atom is -0.493 e. The minimum atomic E-state index is -0.104. The second kappa shape index (κ2) is 7.56. The standard InChI is InChI=1S/C28H29NO3/c1-29-23-10-6-4-8-18(23)21-14-17(12-13-24(21)29)28-22-16-27(31-3)26(30-2)15-20(22)19-9-5-7-11-25(19)32-28/h4,6,8,10,12-16,19,25,28H,5,7,9,11H2,1-3H3/t19-,25+,28-/m0/s1. The second-order valence-electron chi connectivity index (χ2n) is 9.13. The lowest BCUT2D eigenvalue weighted by atomic mass is 9.75. The lowest BCUT2D eigenvalue weighted by Crippen LogP contribution is -2.33. The molecule has 0 radical (unpaired) electrons. The molecule has 164 valence electrons. The van der Waals surface area contributed by atoms with Crippen LogP contribution in [-0.2, 0) is 11.8 Å². The highest BCUT2D eigenvalue weighted by atomic mass is 16.5. The van der Waals surface area contributed by atoms with E-state index in [1.54, 1.807) is 14.2 Å². The van der Waals surface area contributed by atoms with Gasteiger partial charge in [0.2, 0.25) is 0 Å². The molecular formula is C28H29NO3. The summed E-state index contributed by atoms with van der Waals surface area (Å²) in [7, 11) is 5.56. The molecule has 0 amide bonds. The summed E-state index contributed by atoms with van der Waals surface area (Å²) in [4.78, 5) is 0. The summed E-state index contributed by atoms with van der Waals surface area (Å²) in [5.41, 5.74) is 6.27. The van der Waals surface area contributed by atoms with Gasteiger partial charge in [0.15, 0.2) is 11.5 Å². The first kappa shape index (κ1) is 19.7. The Balaban J connectivity index is 1.55. The Kier molecular flexibility index (Phi) is 4.65. The summed E-state index contributed by atoms with van der Waals surface area (Å²) in [6.45, 7) is 0. The highest BCUT2D eigenvalue weighted by Gasteiger charge is 2.39. The molecule has 2 heterocycles. The van der Waals surface area contributed by atoms with Crippen molar-refractivity contribution in [1.82, 2.24) is 4.57 Å². The van der Waals surface area contributed by atoms with Crippen LogP contribution < -0.4 is 9.47 Å². The fraction of sp³-hybridized carbons (Fsp3) is 0.357. The minimum absolute atomic E-state index is 0.104. The summed E-state index contributed by atoms with van der Waals surface area (Å²) in [6.07, 6.45) is 4.92. The highest BCUT2D eigenvalue weighted by Crippen LogP contribution is 2.50. The quantitative estimate of drug-likeness (QED) is 0.374. The van der Waals surface area contributed by atoms with Gasteiger partial charge in [0.05, 0.1) is 20.3 Å². The van der Waals surface area contributed by atoms with E-state index in [0.29, 0.717) is 5.92 Å². The van der Waals surface area contributed by atoms with E-state index >= 15 is 0 Å². The van der Waals surface area contributed by atoms with Crippen LogP contribution >= 0.6 is 0 Å². The normalized spacial score (nSPS) is 22.5. The Hall–Kier alpha value is -2.98. The molecule has 4 nitrogen and oxygen atoms in total. The van der Waals surface area contributed by atoms with Crippen molar-refractivity contribution < 1.29 is 14.2 Å². The Morgan fingerprint density at radius 2 is 1.53 bits per heavy atom. The van der Waals surface area contributed by atoms with Crippen molar-refractivity contribution in [3.05, 3.63) is 71.3 Å². The van der Waals surface area contributed by atoms with Crippen LogP contribution in [0.1, 0.15) is 54.4 Å². The fourth-order valence-corrected chi connectivity index (χ4v) is 5.93. The first-order valence-corrected chi connectivity index (χ1v) is 11.6. The first-order chi connectivity index (χ1) is 15.7. The van der Waals surface area contributed by atoms with Crippen molar-refractivity contribution in [3.8, 4) is 11.5 Å². The van der Waals surface area contributed by atoms with Crippen LogP contribution in [0.5, 0.6) is 11.5 Å². The molecule has 1 saturated carbocycles. The van der Waals surface area contributed by atoms with E-state index in [9.17, 15) is 0 Å². The number of fused-ring (bicyclic) bond motifs is 6. The second-order valence-corrected chi connectivity index (χ2v) is 9.13. The van der Waals surface area contributed by atoms with Gasteiger partial charge in [0.1, 0.15) is 6.10 Å². The molecule has 4 aromatic rings. The zero-order valence-corrected chi connectivity index (χ0v) is 18.9. The molecule has 0 spiro atoms. The van der Waals surface area contributed by atoms with E-state index in [4.69, 9.17) is 14.2 Å². The van der Waals surface area contributed by atoms with Gasteiger partial charge in [-0.15, -0.1) is 0 Å². The molecule has 1 aliphatic carbocycles. The number of hydrogen-bond donors (Lipinski definition) is 0. The zero-order chi connectivity index (χ0) is 21.8. The van der Waals surface area contributed by atoms with Crippen LogP contribution in [0, 0.1) is 0 Å². The molecular weight excluding hydrogens is 398 g/mol. The molecule has 2 aliphatic rings. The van der Waals surface area contributed by atoms with Gasteiger partial charge < -0.3 is 18.8 Å². The number of para-hydroxylation sites is 1. The van der Waals surface area contributed by atoms with Crippen molar-refractivity contribution in [2.24, 2.45) is 7.05 Å². The smallest absolute Gasteiger partial charge is 0.161 e. The van der Waals surface area contributed by atoms with E-state index in [1.165, 1.54) is 57.8 Å². The molecule has 3 atom stereocenters. The number of aryl methyl sites for hydroxylation is 1. The Bertz CT molecular complexity index is 1320. The van der Waals surface area contributed by atoms with Crippen LogP contribution in [-0.4, -0.2) is 24.9 Å². The van der Waals surface area contributed by atoms with Crippen LogP contribution in [0.3, 0.4) is 0 Å². The van der Waals surface area contributed by atoms with Gasteiger partial charge in [0.25, 0.3) is 0 Å². The number of hydrogen-bond acceptors (Lipinski definition) is 3. The van der Waals surface area contributed by atoms with E-state index in [1.807, 2.05) is 0 Å². The van der Waals surface area contributed by atoms with Crippen molar-refractivity contribution in [1.29, 1.82) is 0 Å². The molecule has 0 bridgehead atoms. The van der Waals surface area contributed by atoms with Crippen molar-refractivity contribution in [2.45, 2.75) is 43.8 Å². The number of methoxy groups -OCH3 is 2. The highest BCUT2D eigenvalue weighted by molar-refractivity contribution is 6.08. The molecule has 32 heavy (non-hydrogen) atoms. The number of nitrogens with zero attached hydrogens (tertiary/aromatic N) is 1. The van der Waals surface area contributed by atoms with Crippen LogP contribution in [0.2, 0.25) is 0 Å². The average molecular weight is 428 g/mol. The molecule has 6 rings (SSSR count). The van der Waals surface area contributed by atoms with Crippen LogP contribution in [0.15, 0.2) is 54.6 Å². The summed E-state index contributed by atoms with van der Waals surface area (Å²) in [6, 6.07) is 19.7. The lowest BCUT2D eigenvalue weighted by Gasteiger charge is -2.41. The molecule has 1 fully saturated rings. The largest absolute Gasteiger partial charge is 0.493 e. The summed E-state index contributed by atoms with van der Waals surface area (Å²) >= 11 is 0. The Morgan fingerprint density at radius 1 is 0.812 bits per heavy atom. The van der Waals surface area contributed by atoms with Gasteiger partial charge >= 0.3 is 0 Å². The van der Waals surface area contributed by atoms with Crippen LogP contribution in [0.4, 0.5) is 0 Å². The molecule has 0 saturated heterocycles. The third-order valence-corrected chi connectivity index (χ3v) is 7.52. The number of aromatic nitrogens is 1. The van der Waals surface area contributed by atoms with Crippen molar-refractivity contribution in [3.63, 3.8) is 0 Å². The average Bonchev–Trinajstić information content (AvgIpc) is 3.14. The molecule has 1 aromatic heterocycles. The topological polar surface area (TPSA) is 32.6 Å². The predicted molar refractivity (Wildman–Crippen MR) is 128 cm³/mol. The molecule has 1 aliphatic heterocycles. The third kappa shape index (κ3) is 2.86. The van der Waals surface area contributed by atoms with Crippen molar-refractivity contribution >= 4 is 21.8 Å². The first-order valence-electron chi connectivity index (χ1n) is 11.6. The van der Waals surface area contributed by atoms with Gasteiger partial charge in [-0.25, -0.2) is 0 Å². The Labute approximate surface area is 188 Å². The molecule has 0 unspecified atom stereocenters. The van der Waals surface area contributed by atoms with Crippen molar-refractivity contribution in [2.75, 3.05) is 14.2 Å². The zero-order valence-electron chi connectivity index (χ0n) is 18.9. The monoisotopic (exact) mass is 427 g/mol. The van der Waals surface area contributed by atoms with E-state index in [0.717, 1.165) is 17.9 Å². The summed E-state index contributed by atoms with van der Waals surface area (Å²) < 4.78 is 20.4. The van der Waals surface area contributed by atoms with Gasteiger partial charge in [-0.3, -0.25) is 0 Å². The fourth-order valence-electron chi connectivity index (χ4n) is 5.93. The molecule has 4 heteroatoms. The van der Waals surface area contributed by atoms with E-state index in [-0.39, 0.29) is 12.2 Å². The Morgan fingerprint density at radius 3 is 2.34 bits per heavy atom. The summed E-state index contributed by atoms with van der Waals surface area (Å²) in [5.74, 6) is 2.00. The van der Waals surface area contributed by atoms with Gasteiger partial charge in [0, 0.05) is 34.8 Å². The SMILES string of the molecule is COc1cc2c(cc1OC)[C@@H]1CCCC[C@H]1O[C@H]2c1ccc2c(c1)c1ccccc1n2C. The predicted octanol–water partition coefficient (Wildman–Crippen LogP) is 6.49. The molecule has 3 aromatic carbocycles. The van der Waals surface area contributed by atoms with Crippen LogP contribution in [0.25, 0.3) is 21.8 Å². The third-order valence-electron chi connectivity index (χ3n) is 7.52. The van der Waals surface area contributed by atoms with E-state index in [2.05, 4.69) is 66.2 Å². The molecule has 0 N–H and O–H groups in total. The van der Waals surface area contributed by atoms with Gasteiger partial charge in [-0.1, -0.05) is 37.1 Å². The summed E-state index contributed by atoms with van der Waals surface area (Å²) in [5, 5.41) is 2.56. The maximum Gasteiger partial charge on any atom is 0.161 e. The maximum atomic E-state index is 6.84. The maximum absolute atomic E-state index is 6.84. The number of ether oxygens (including phenoxy) is 3. The van der Waals surface area contributed by atoms with Gasteiger partial charge in [-0.05, 0) is 59.9 Å². The van der Waals surface area contributed by atoms with E-state index < -0.39 is 0 Å². The number of rotatable bonds is 3.